The molecule has 0 atom stereocenters. The van der Waals surface area contributed by atoms with Crippen molar-refractivity contribution in [1.82, 2.24) is 19.4 Å². The molecule has 1 amide bonds. The first kappa shape index (κ1) is 17.0. The third kappa shape index (κ3) is 3.31. The minimum absolute atomic E-state index is 0.0200. The molecule has 0 radical (unpaired) electrons. The summed E-state index contributed by atoms with van der Waals surface area (Å²) in [5.41, 5.74) is 1.29. The summed E-state index contributed by atoms with van der Waals surface area (Å²) < 4.78 is 3.36. The SMILES string of the molecule is O=C(Cn1c(=O)n(C2CCCCC2)c2ncccc21)NCc1cccs1. The second-order valence-corrected chi connectivity index (χ2v) is 7.77. The summed E-state index contributed by atoms with van der Waals surface area (Å²) in [6.07, 6.45) is 7.21. The van der Waals surface area contributed by atoms with E-state index in [0.29, 0.717) is 12.2 Å². The van der Waals surface area contributed by atoms with Gasteiger partial charge < -0.3 is 5.32 Å². The summed E-state index contributed by atoms with van der Waals surface area (Å²) in [6, 6.07) is 7.81. The fourth-order valence-electron chi connectivity index (χ4n) is 3.73. The molecule has 3 heterocycles. The summed E-state index contributed by atoms with van der Waals surface area (Å²) in [4.78, 5) is 31.0. The molecule has 1 aliphatic rings. The van der Waals surface area contributed by atoms with Crippen molar-refractivity contribution in [2.45, 2.75) is 51.2 Å². The van der Waals surface area contributed by atoms with Gasteiger partial charge in [-0.3, -0.25) is 13.9 Å². The Kier molecular flexibility index (Phi) is 4.88. The van der Waals surface area contributed by atoms with Crippen LogP contribution in [-0.2, 0) is 17.9 Å². The highest BCUT2D eigenvalue weighted by molar-refractivity contribution is 7.09. The van der Waals surface area contributed by atoms with Crippen molar-refractivity contribution in [3.8, 4) is 0 Å². The topological polar surface area (TPSA) is 68.9 Å². The monoisotopic (exact) mass is 370 g/mol. The summed E-state index contributed by atoms with van der Waals surface area (Å²) in [5.74, 6) is -0.160. The van der Waals surface area contributed by atoms with Crippen molar-refractivity contribution >= 4 is 28.4 Å². The second-order valence-electron chi connectivity index (χ2n) is 6.73. The Bertz CT molecular complexity index is 952. The lowest BCUT2D eigenvalue weighted by molar-refractivity contribution is -0.121. The molecular formula is C19H22N4O2S. The molecule has 1 saturated carbocycles. The fourth-order valence-corrected chi connectivity index (χ4v) is 4.37. The maximum absolute atomic E-state index is 13.1. The van der Waals surface area contributed by atoms with E-state index in [0.717, 1.165) is 36.1 Å². The molecular weight excluding hydrogens is 348 g/mol. The smallest absolute Gasteiger partial charge is 0.331 e. The molecule has 7 heteroatoms. The van der Waals surface area contributed by atoms with Crippen LogP contribution in [0.5, 0.6) is 0 Å². The van der Waals surface area contributed by atoms with E-state index in [1.807, 2.05) is 29.6 Å². The number of carbonyl (C=O) groups excluding carboxylic acids is 1. The maximum atomic E-state index is 13.1. The van der Waals surface area contributed by atoms with Gasteiger partial charge in [0.25, 0.3) is 0 Å². The lowest BCUT2D eigenvalue weighted by Gasteiger charge is -2.22. The zero-order chi connectivity index (χ0) is 17.9. The third-order valence-corrected chi connectivity index (χ3v) is 5.88. The standard InChI is InChI=1S/C19H22N4O2S/c24-17(21-12-15-8-5-11-26-15)13-22-16-9-4-10-20-18(16)23(19(22)25)14-6-2-1-3-7-14/h4-5,8-11,14H,1-3,6-7,12-13H2,(H,21,24). The molecule has 0 unspecified atom stereocenters. The number of rotatable bonds is 5. The number of amides is 1. The Morgan fingerprint density at radius 2 is 2.08 bits per heavy atom. The van der Waals surface area contributed by atoms with E-state index in [2.05, 4.69) is 10.3 Å². The summed E-state index contributed by atoms with van der Waals surface area (Å²) >= 11 is 1.60. The number of nitrogens with zero attached hydrogens (tertiary/aromatic N) is 3. The van der Waals surface area contributed by atoms with Crippen molar-refractivity contribution in [2.24, 2.45) is 0 Å². The molecule has 3 aromatic heterocycles. The molecule has 1 N–H and O–H groups in total. The molecule has 6 nitrogen and oxygen atoms in total. The van der Waals surface area contributed by atoms with Crippen LogP contribution < -0.4 is 11.0 Å². The Morgan fingerprint density at radius 3 is 2.85 bits per heavy atom. The van der Waals surface area contributed by atoms with E-state index >= 15 is 0 Å². The largest absolute Gasteiger partial charge is 0.350 e. The van der Waals surface area contributed by atoms with Crippen LogP contribution in [0.1, 0.15) is 43.0 Å². The van der Waals surface area contributed by atoms with Crippen molar-refractivity contribution in [1.29, 1.82) is 0 Å². The highest BCUT2D eigenvalue weighted by atomic mass is 32.1. The van der Waals surface area contributed by atoms with E-state index in [-0.39, 0.29) is 24.2 Å². The average molecular weight is 370 g/mol. The van der Waals surface area contributed by atoms with Gasteiger partial charge in [0.2, 0.25) is 5.91 Å². The normalized spacial score (nSPS) is 15.4. The van der Waals surface area contributed by atoms with E-state index in [9.17, 15) is 9.59 Å². The van der Waals surface area contributed by atoms with Crippen LogP contribution in [0, 0.1) is 0 Å². The zero-order valence-electron chi connectivity index (χ0n) is 14.6. The summed E-state index contributed by atoms with van der Waals surface area (Å²) in [6.45, 7) is 0.511. The highest BCUT2D eigenvalue weighted by Crippen LogP contribution is 2.29. The molecule has 0 spiro atoms. The lowest BCUT2D eigenvalue weighted by Crippen LogP contribution is -2.34. The fraction of sp³-hybridized carbons (Fsp3) is 0.421. The van der Waals surface area contributed by atoms with E-state index in [1.165, 1.54) is 6.42 Å². The van der Waals surface area contributed by atoms with E-state index in [1.54, 1.807) is 26.7 Å². The maximum Gasteiger partial charge on any atom is 0.331 e. The average Bonchev–Trinajstić information content (AvgIpc) is 3.28. The predicted octanol–water partition coefficient (Wildman–Crippen LogP) is 3.08. The van der Waals surface area contributed by atoms with Crippen LogP contribution in [0.15, 0.2) is 40.6 Å². The third-order valence-electron chi connectivity index (χ3n) is 5.00. The van der Waals surface area contributed by atoms with E-state index in [4.69, 9.17) is 0 Å². The predicted molar refractivity (Wildman–Crippen MR) is 102 cm³/mol. The van der Waals surface area contributed by atoms with Gasteiger partial charge in [-0.1, -0.05) is 25.3 Å². The van der Waals surface area contributed by atoms with Gasteiger partial charge in [-0.25, -0.2) is 9.78 Å². The Morgan fingerprint density at radius 1 is 1.23 bits per heavy atom. The number of carbonyl (C=O) groups is 1. The van der Waals surface area contributed by atoms with Crippen molar-refractivity contribution in [3.05, 3.63) is 51.2 Å². The molecule has 1 aliphatic carbocycles. The first-order valence-corrected chi connectivity index (χ1v) is 9.97. The number of hydrogen-bond donors (Lipinski definition) is 1. The van der Waals surface area contributed by atoms with Crippen LogP contribution in [0.4, 0.5) is 0 Å². The first-order chi connectivity index (χ1) is 12.7. The minimum atomic E-state index is -0.160. The molecule has 3 aromatic rings. The van der Waals surface area contributed by atoms with Crippen molar-refractivity contribution in [2.75, 3.05) is 0 Å². The number of nitrogens with one attached hydrogen (secondary N) is 1. The van der Waals surface area contributed by atoms with Gasteiger partial charge in [-0.2, -0.15) is 0 Å². The van der Waals surface area contributed by atoms with Gasteiger partial charge in [0, 0.05) is 17.1 Å². The van der Waals surface area contributed by atoms with Crippen LogP contribution in [-0.4, -0.2) is 20.0 Å². The van der Waals surface area contributed by atoms with E-state index < -0.39 is 0 Å². The second kappa shape index (κ2) is 7.45. The van der Waals surface area contributed by atoms with Gasteiger partial charge in [-0.05, 0) is 36.4 Å². The Labute approximate surface area is 155 Å². The number of pyridine rings is 1. The number of aromatic nitrogens is 3. The van der Waals surface area contributed by atoms with Crippen LogP contribution >= 0.6 is 11.3 Å². The lowest BCUT2D eigenvalue weighted by atomic mass is 9.95. The number of fused-ring (bicyclic) bond motifs is 1. The van der Waals surface area contributed by atoms with Gasteiger partial charge in [0.05, 0.1) is 12.1 Å². The molecule has 0 bridgehead atoms. The molecule has 0 saturated heterocycles. The van der Waals surface area contributed by atoms with Gasteiger partial charge in [0.1, 0.15) is 6.54 Å². The van der Waals surface area contributed by atoms with Crippen molar-refractivity contribution in [3.63, 3.8) is 0 Å². The Balaban J connectivity index is 1.61. The summed E-state index contributed by atoms with van der Waals surface area (Å²) in [5, 5.41) is 4.88. The van der Waals surface area contributed by atoms with Crippen LogP contribution in [0.25, 0.3) is 11.2 Å². The molecule has 136 valence electrons. The van der Waals surface area contributed by atoms with Gasteiger partial charge >= 0.3 is 5.69 Å². The number of imidazole rings is 1. The van der Waals surface area contributed by atoms with Gasteiger partial charge in [0.15, 0.2) is 5.65 Å². The summed E-state index contributed by atoms with van der Waals surface area (Å²) in [7, 11) is 0. The first-order valence-electron chi connectivity index (χ1n) is 9.09. The minimum Gasteiger partial charge on any atom is -0.350 e. The van der Waals surface area contributed by atoms with Crippen LogP contribution in [0.2, 0.25) is 0 Å². The van der Waals surface area contributed by atoms with Gasteiger partial charge in [-0.15, -0.1) is 11.3 Å². The molecule has 1 fully saturated rings. The molecule has 26 heavy (non-hydrogen) atoms. The highest BCUT2D eigenvalue weighted by Gasteiger charge is 2.23. The molecule has 0 aliphatic heterocycles. The Hall–Kier alpha value is -2.41. The molecule has 0 aromatic carbocycles. The number of thiophene rings is 1. The van der Waals surface area contributed by atoms with Crippen LogP contribution in [0.3, 0.4) is 0 Å². The molecule has 4 rings (SSSR count). The van der Waals surface area contributed by atoms with Crippen molar-refractivity contribution < 1.29 is 4.79 Å². The zero-order valence-corrected chi connectivity index (χ0v) is 15.4. The number of hydrogen-bond acceptors (Lipinski definition) is 4. The quantitative estimate of drug-likeness (QED) is 0.750.